The van der Waals surface area contributed by atoms with Gasteiger partial charge in [0.1, 0.15) is 0 Å². The molecule has 2 rings (SSSR count). The first-order valence-corrected chi connectivity index (χ1v) is 8.33. The third-order valence-corrected chi connectivity index (χ3v) is 4.01. The van der Waals surface area contributed by atoms with Crippen molar-refractivity contribution < 1.29 is 4.74 Å². The van der Waals surface area contributed by atoms with Crippen LogP contribution in [0.4, 0.5) is 0 Å². The van der Waals surface area contributed by atoms with Crippen molar-refractivity contribution in [2.45, 2.75) is 39.8 Å². The van der Waals surface area contributed by atoms with Crippen LogP contribution in [0.25, 0.3) is 0 Å². The van der Waals surface area contributed by atoms with E-state index in [2.05, 4.69) is 48.3 Å². The molecule has 0 aliphatic carbocycles. The van der Waals surface area contributed by atoms with E-state index in [0.29, 0.717) is 13.2 Å². The topological polar surface area (TPSA) is 36.9 Å². The van der Waals surface area contributed by atoms with Gasteiger partial charge in [0.05, 0.1) is 13.2 Å². The second-order valence-electron chi connectivity index (χ2n) is 6.12. The summed E-state index contributed by atoms with van der Waals surface area (Å²) >= 11 is 0. The first-order chi connectivity index (χ1) is 10.7. The Bertz CT molecular complexity index is 493. The van der Waals surface area contributed by atoms with Crippen LogP contribution in [-0.4, -0.2) is 37.6 Å². The molecule has 0 amide bonds. The third-order valence-electron chi connectivity index (χ3n) is 4.01. The Balaban J connectivity index is 0.00000264. The number of hydrogen-bond donors (Lipinski definition) is 1. The van der Waals surface area contributed by atoms with Gasteiger partial charge in [-0.05, 0) is 36.8 Å². The number of ether oxygens (including phenoxy) is 1. The molecule has 4 nitrogen and oxygen atoms in total. The molecule has 0 bridgehead atoms. The van der Waals surface area contributed by atoms with Crippen LogP contribution >= 0.6 is 24.0 Å². The van der Waals surface area contributed by atoms with Crippen molar-refractivity contribution in [3.8, 4) is 0 Å². The molecule has 1 atom stereocenters. The molecule has 1 unspecified atom stereocenters. The summed E-state index contributed by atoms with van der Waals surface area (Å²) in [6.45, 7) is 8.95. The van der Waals surface area contributed by atoms with Crippen molar-refractivity contribution in [2.24, 2.45) is 10.9 Å². The van der Waals surface area contributed by atoms with Gasteiger partial charge in [-0.1, -0.05) is 31.2 Å². The number of hydrogen-bond acceptors (Lipinski definition) is 2. The zero-order valence-corrected chi connectivity index (χ0v) is 16.9. The minimum absolute atomic E-state index is 0. The molecule has 0 radical (unpaired) electrons. The van der Waals surface area contributed by atoms with Crippen LogP contribution in [0.2, 0.25) is 0 Å². The lowest BCUT2D eigenvalue weighted by atomic mass is 10.0. The molecule has 0 spiro atoms. The number of nitrogens with zero attached hydrogens (tertiary/aromatic N) is 2. The Morgan fingerprint density at radius 2 is 2.17 bits per heavy atom. The predicted molar refractivity (Wildman–Crippen MR) is 107 cm³/mol. The van der Waals surface area contributed by atoms with Crippen molar-refractivity contribution in [1.82, 2.24) is 10.2 Å². The van der Waals surface area contributed by atoms with Crippen LogP contribution in [0.3, 0.4) is 0 Å². The number of methoxy groups -OCH3 is 1. The summed E-state index contributed by atoms with van der Waals surface area (Å²) in [6.07, 6.45) is 2.59. The second-order valence-corrected chi connectivity index (χ2v) is 6.12. The lowest BCUT2D eigenvalue weighted by molar-refractivity contribution is 0.185. The molecule has 1 aromatic carbocycles. The van der Waals surface area contributed by atoms with Gasteiger partial charge < -0.3 is 15.0 Å². The summed E-state index contributed by atoms with van der Waals surface area (Å²) in [5.74, 6) is 1.80. The summed E-state index contributed by atoms with van der Waals surface area (Å²) in [5.41, 5.74) is 2.43. The molecule has 1 aliphatic rings. The van der Waals surface area contributed by atoms with Crippen LogP contribution in [0.5, 0.6) is 0 Å². The fourth-order valence-electron chi connectivity index (χ4n) is 2.96. The first-order valence-electron chi connectivity index (χ1n) is 8.33. The highest BCUT2D eigenvalue weighted by atomic mass is 127. The van der Waals surface area contributed by atoms with E-state index >= 15 is 0 Å². The molecule has 5 heteroatoms. The molecule has 1 aliphatic heterocycles. The molecule has 1 heterocycles. The summed E-state index contributed by atoms with van der Waals surface area (Å²) in [6, 6.07) is 8.48. The van der Waals surface area contributed by atoms with E-state index in [9.17, 15) is 0 Å². The summed E-state index contributed by atoms with van der Waals surface area (Å²) in [7, 11) is 1.73. The Morgan fingerprint density at radius 3 is 2.87 bits per heavy atom. The zero-order chi connectivity index (χ0) is 15.8. The normalized spacial score (nSPS) is 18.5. The Kier molecular flexibility index (Phi) is 9.55. The van der Waals surface area contributed by atoms with Crippen molar-refractivity contribution in [1.29, 1.82) is 0 Å². The molecule has 23 heavy (non-hydrogen) atoms. The van der Waals surface area contributed by atoms with Gasteiger partial charge in [-0.25, -0.2) is 4.99 Å². The summed E-state index contributed by atoms with van der Waals surface area (Å²) < 4.78 is 5.20. The Morgan fingerprint density at radius 1 is 1.39 bits per heavy atom. The number of halogens is 1. The number of aliphatic imine (C=N–C) groups is 1. The monoisotopic (exact) mass is 431 g/mol. The lowest BCUT2D eigenvalue weighted by Crippen LogP contribution is -2.46. The largest absolute Gasteiger partial charge is 0.380 e. The van der Waals surface area contributed by atoms with E-state index < -0.39 is 0 Å². The maximum absolute atomic E-state index is 5.20. The minimum Gasteiger partial charge on any atom is -0.380 e. The van der Waals surface area contributed by atoms with Crippen molar-refractivity contribution >= 4 is 29.9 Å². The van der Waals surface area contributed by atoms with Crippen LogP contribution < -0.4 is 5.32 Å². The highest BCUT2D eigenvalue weighted by Gasteiger charge is 2.18. The molecule has 0 aromatic heterocycles. The third kappa shape index (κ3) is 6.67. The van der Waals surface area contributed by atoms with Gasteiger partial charge in [-0.15, -0.1) is 24.0 Å². The Hall–Kier alpha value is -0.820. The number of nitrogens with one attached hydrogen (secondary N) is 1. The maximum Gasteiger partial charge on any atom is 0.194 e. The van der Waals surface area contributed by atoms with E-state index in [1.54, 1.807) is 7.11 Å². The first kappa shape index (κ1) is 20.2. The fraction of sp³-hybridized carbons (Fsp3) is 0.611. The lowest BCUT2D eigenvalue weighted by Gasteiger charge is -2.33. The van der Waals surface area contributed by atoms with Crippen LogP contribution in [0.15, 0.2) is 29.3 Å². The van der Waals surface area contributed by atoms with Gasteiger partial charge in [-0.3, -0.25) is 0 Å². The standard InChI is InChI=1S/C18H29N3O.HI/c1-4-19-18(21-10-6-7-15(2)13-21)20-12-16-8-5-9-17(11-16)14-22-3;/h5,8-9,11,15H,4,6-7,10,12-14H2,1-3H3,(H,19,20);1H. The summed E-state index contributed by atoms with van der Waals surface area (Å²) in [5, 5.41) is 3.43. The van der Waals surface area contributed by atoms with Gasteiger partial charge in [0, 0.05) is 26.7 Å². The van der Waals surface area contributed by atoms with Gasteiger partial charge >= 0.3 is 0 Å². The maximum atomic E-state index is 5.20. The van der Waals surface area contributed by atoms with E-state index in [4.69, 9.17) is 9.73 Å². The quantitative estimate of drug-likeness (QED) is 0.440. The van der Waals surface area contributed by atoms with Crippen LogP contribution in [-0.2, 0) is 17.9 Å². The van der Waals surface area contributed by atoms with Crippen molar-refractivity contribution in [3.63, 3.8) is 0 Å². The Labute approximate surface area is 157 Å². The highest BCUT2D eigenvalue weighted by molar-refractivity contribution is 14.0. The molecule has 130 valence electrons. The molecule has 1 saturated heterocycles. The van der Waals surface area contributed by atoms with E-state index in [-0.39, 0.29) is 24.0 Å². The molecule has 1 N–H and O–H groups in total. The number of rotatable bonds is 5. The smallest absolute Gasteiger partial charge is 0.194 e. The number of benzene rings is 1. The van der Waals surface area contributed by atoms with Crippen LogP contribution in [0, 0.1) is 5.92 Å². The second kappa shape index (κ2) is 10.9. The van der Waals surface area contributed by atoms with Crippen molar-refractivity contribution in [3.05, 3.63) is 35.4 Å². The highest BCUT2D eigenvalue weighted by Crippen LogP contribution is 2.16. The van der Waals surface area contributed by atoms with Gasteiger partial charge in [0.2, 0.25) is 0 Å². The minimum atomic E-state index is 0. The zero-order valence-electron chi connectivity index (χ0n) is 14.5. The van der Waals surface area contributed by atoms with Crippen molar-refractivity contribution in [2.75, 3.05) is 26.7 Å². The SMILES string of the molecule is CCNC(=NCc1cccc(COC)c1)N1CCCC(C)C1.I. The fourth-order valence-corrected chi connectivity index (χ4v) is 2.96. The van der Waals surface area contributed by atoms with Gasteiger partial charge in [-0.2, -0.15) is 0 Å². The van der Waals surface area contributed by atoms with E-state index in [1.807, 2.05) is 0 Å². The number of piperidine rings is 1. The van der Waals surface area contributed by atoms with Gasteiger partial charge in [0.25, 0.3) is 0 Å². The summed E-state index contributed by atoms with van der Waals surface area (Å²) in [4.78, 5) is 7.23. The molecule has 1 aromatic rings. The molecule has 0 saturated carbocycles. The predicted octanol–water partition coefficient (Wildman–Crippen LogP) is 3.65. The average Bonchev–Trinajstić information content (AvgIpc) is 2.52. The molecular formula is C18H30IN3O. The molecular weight excluding hydrogens is 401 g/mol. The average molecular weight is 431 g/mol. The van der Waals surface area contributed by atoms with E-state index in [1.165, 1.54) is 24.0 Å². The number of likely N-dealkylation sites (tertiary alicyclic amines) is 1. The van der Waals surface area contributed by atoms with Gasteiger partial charge in [0.15, 0.2) is 5.96 Å². The van der Waals surface area contributed by atoms with Crippen LogP contribution in [0.1, 0.15) is 37.8 Å². The molecule has 1 fully saturated rings. The van der Waals surface area contributed by atoms with E-state index in [0.717, 1.165) is 31.5 Å². The number of guanidine groups is 1.